The monoisotopic (exact) mass is 769 g/mol. The Morgan fingerprint density at radius 1 is 0.382 bits per heavy atom. The van der Waals surface area contributed by atoms with Crippen LogP contribution in [0, 0.1) is 0 Å². The number of esters is 3. The Morgan fingerprint density at radius 3 is 1.24 bits per heavy atom. The van der Waals surface area contributed by atoms with Gasteiger partial charge in [-0.15, -0.1) is 0 Å². The summed E-state index contributed by atoms with van der Waals surface area (Å²) < 4.78 is 16.6. The Labute approximate surface area is 339 Å². The molecule has 0 bridgehead atoms. The van der Waals surface area contributed by atoms with E-state index in [1.807, 2.05) is 0 Å². The molecule has 0 radical (unpaired) electrons. The number of carbonyl (C=O) groups is 3. The Bertz CT molecular complexity index is 1020. The highest BCUT2D eigenvalue weighted by atomic mass is 16.6. The van der Waals surface area contributed by atoms with Crippen LogP contribution >= 0.6 is 0 Å². The highest BCUT2D eigenvalue weighted by molar-refractivity contribution is 5.71. The molecule has 0 aromatic carbocycles. The second-order valence-corrected chi connectivity index (χ2v) is 14.9. The first-order chi connectivity index (χ1) is 27.0. The third kappa shape index (κ3) is 42.1. The van der Waals surface area contributed by atoms with Gasteiger partial charge in [-0.2, -0.15) is 0 Å². The molecule has 0 aliphatic rings. The molecule has 0 saturated heterocycles. The maximum atomic E-state index is 12.7. The van der Waals surface area contributed by atoms with Crippen LogP contribution in [0.5, 0.6) is 0 Å². The minimum Gasteiger partial charge on any atom is -0.462 e. The smallest absolute Gasteiger partial charge is 0.306 e. The van der Waals surface area contributed by atoms with Gasteiger partial charge in [0.25, 0.3) is 0 Å². The minimum absolute atomic E-state index is 0.0993. The summed E-state index contributed by atoms with van der Waals surface area (Å²) in [4.78, 5) is 37.7. The second-order valence-electron chi connectivity index (χ2n) is 14.9. The Morgan fingerprint density at radius 2 is 0.727 bits per heavy atom. The normalized spacial score (nSPS) is 12.6. The molecule has 0 heterocycles. The van der Waals surface area contributed by atoms with Gasteiger partial charge in [0.05, 0.1) is 0 Å². The van der Waals surface area contributed by atoms with Crippen LogP contribution in [-0.4, -0.2) is 37.2 Å². The van der Waals surface area contributed by atoms with Crippen molar-refractivity contribution in [1.82, 2.24) is 0 Å². The summed E-state index contributed by atoms with van der Waals surface area (Å²) >= 11 is 0. The number of carbonyl (C=O) groups excluding carboxylic acids is 3. The van der Waals surface area contributed by atoms with Crippen LogP contribution in [0.4, 0.5) is 0 Å². The number of allylic oxidation sites excluding steroid dienone is 10. The van der Waals surface area contributed by atoms with Gasteiger partial charge in [0.1, 0.15) is 13.2 Å². The lowest BCUT2D eigenvalue weighted by Crippen LogP contribution is -2.30. The molecule has 0 fully saturated rings. The molecule has 0 aromatic rings. The lowest BCUT2D eigenvalue weighted by Gasteiger charge is -2.18. The highest BCUT2D eigenvalue weighted by Crippen LogP contribution is 2.12. The molecule has 0 aromatic heterocycles. The zero-order chi connectivity index (χ0) is 40.1. The summed E-state index contributed by atoms with van der Waals surface area (Å²) in [5.41, 5.74) is 0. The number of rotatable bonds is 40. The summed E-state index contributed by atoms with van der Waals surface area (Å²) in [5, 5.41) is 0. The van der Waals surface area contributed by atoms with E-state index in [0.29, 0.717) is 19.3 Å². The van der Waals surface area contributed by atoms with E-state index < -0.39 is 6.10 Å². The third-order valence-electron chi connectivity index (χ3n) is 9.48. The lowest BCUT2D eigenvalue weighted by molar-refractivity contribution is -0.167. The van der Waals surface area contributed by atoms with Crippen LogP contribution < -0.4 is 0 Å². The number of unbranched alkanes of at least 4 members (excludes halogenated alkanes) is 19. The molecule has 0 spiro atoms. The first-order valence-electron chi connectivity index (χ1n) is 22.8. The molecule has 0 aliphatic carbocycles. The van der Waals surface area contributed by atoms with Gasteiger partial charge >= 0.3 is 17.9 Å². The predicted molar refractivity (Wildman–Crippen MR) is 233 cm³/mol. The standard InChI is InChI=1S/C49H84O6/c1-4-7-10-13-16-19-22-24-25-28-30-33-36-39-42-48(51)54-45-46(44-53-47(50)41-38-35-32-29-26-21-18-15-12-9-6-3)55-49(52)43-40-37-34-31-27-23-20-17-14-11-8-5-2/h8,11,15,17-18,20,25,27-28,31,46H,4-7,9-10,12-14,16,19,21-24,26,29-30,32-45H2,1-3H3/b11-8-,18-15-,20-17-,28-25-,31-27-. The molecule has 1 atom stereocenters. The lowest BCUT2D eigenvalue weighted by atomic mass is 10.1. The van der Waals surface area contributed by atoms with Crippen molar-refractivity contribution < 1.29 is 28.6 Å². The third-order valence-corrected chi connectivity index (χ3v) is 9.48. The van der Waals surface area contributed by atoms with Crippen molar-refractivity contribution >= 4 is 17.9 Å². The van der Waals surface area contributed by atoms with Crippen LogP contribution in [0.2, 0.25) is 0 Å². The average molecular weight is 769 g/mol. The summed E-state index contributed by atoms with van der Waals surface area (Å²) in [7, 11) is 0. The first kappa shape index (κ1) is 52.1. The topological polar surface area (TPSA) is 78.9 Å². The zero-order valence-electron chi connectivity index (χ0n) is 35.9. The van der Waals surface area contributed by atoms with Gasteiger partial charge in [-0.25, -0.2) is 0 Å². The van der Waals surface area contributed by atoms with Crippen LogP contribution in [0.15, 0.2) is 60.8 Å². The van der Waals surface area contributed by atoms with Crippen LogP contribution in [0.1, 0.15) is 213 Å². The number of hydrogen-bond donors (Lipinski definition) is 0. The van der Waals surface area contributed by atoms with Gasteiger partial charge in [0.2, 0.25) is 0 Å². The molecule has 55 heavy (non-hydrogen) atoms. The summed E-state index contributed by atoms with van der Waals surface area (Å²) in [6.45, 7) is 6.41. The van der Waals surface area contributed by atoms with E-state index >= 15 is 0 Å². The fourth-order valence-corrected chi connectivity index (χ4v) is 6.02. The van der Waals surface area contributed by atoms with Crippen molar-refractivity contribution in [3.63, 3.8) is 0 Å². The van der Waals surface area contributed by atoms with Gasteiger partial charge in [-0.3, -0.25) is 14.4 Å². The van der Waals surface area contributed by atoms with Crippen LogP contribution in [0.3, 0.4) is 0 Å². The molecule has 316 valence electrons. The molecular weight excluding hydrogens is 685 g/mol. The van der Waals surface area contributed by atoms with Gasteiger partial charge in [0.15, 0.2) is 6.10 Å². The van der Waals surface area contributed by atoms with E-state index in [1.165, 1.54) is 70.6 Å². The van der Waals surface area contributed by atoms with E-state index in [-0.39, 0.29) is 37.5 Å². The highest BCUT2D eigenvalue weighted by Gasteiger charge is 2.19. The Kier molecular flexibility index (Phi) is 41.5. The SMILES string of the molecule is CC/C=C\C/C=C\C/C=C\CCCCC(=O)OC(COC(=O)CCCCC/C=C\CCCCCCCCC)COC(=O)CCCCCCC/C=C\CCCC. The fraction of sp³-hybridized carbons (Fsp3) is 0.735. The molecule has 6 heteroatoms. The van der Waals surface area contributed by atoms with E-state index in [0.717, 1.165) is 96.3 Å². The van der Waals surface area contributed by atoms with Crippen molar-refractivity contribution in [3.05, 3.63) is 60.8 Å². The molecule has 0 N–H and O–H groups in total. The number of hydrogen-bond acceptors (Lipinski definition) is 6. The van der Waals surface area contributed by atoms with E-state index in [1.54, 1.807) is 0 Å². The van der Waals surface area contributed by atoms with Crippen LogP contribution in [0.25, 0.3) is 0 Å². The maximum absolute atomic E-state index is 12.7. The van der Waals surface area contributed by atoms with Crippen molar-refractivity contribution in [2.75, 3.05) is 13.2 Å². The average Bonchev–Trinajstić information content (AvgIpc) is 3.18. The maximum Gasteiger partial charge on any atom is 0.306 e. The van der Waals surface area contributed by atoms with E-state index in [2.05, 4.69) is 81.5 Å². The van der Waals surface area contributed by atoms with Crippen LogP contribution in [-0.2, 0) is 28.6 Å². The first-order valence-corrected chi connectivity index (χ1v) is 22.8. The van der Waals surface area contributed by atoms with Crippen molar-refractivity contribution in [3.8, 4) is 0 Å². The minimum atomic E-state index is -0.800. The fourth-order valence-electron chi connectivity index (χ4n) is 6.02. The van der Waals surface area contributed by atoms with E-state index in [9.17, 15) is 14.4 Å². The molecule has 6 nitrogen and oxygen atoms in total. The largest absolute Gasteiger partial charge is 0.462 e. The van der Waals surface area contributed by atoms with Crippen molar-refractivity contribution in [2.24, 2.45) is 0 Å². The number of ether oxygens (including phenoxy) is 3. The second kappa shape index (κ2) is 43.8. The predicted octanol–water partition coefficient (Wildman–Crippen LogP) is 14.5. The molecule has 0 rings (SSSR count). The van der Waals surface area contributed by atoms with Gasteiger partial charge in [-0.05, 0) is 96.3 Å². The molecule has 0 aliphatic heterocycles. The van der Waals surface area contributed by atoms with Gasteiger partial charge < -0.3 is 14.2 Å². The van der Waals surface area contributed by atoms with Gasteiger partial charge in [0, 0.05) is 19.3 Å². The molecule has 0 amide bonds. The Hall–Kier alpha value is -2.89. The Balaban J connectivity index is 4.46. The molecule has 1 unspecified atom stereocenters. The van der Waals surface area contributed by atoms with Crippen molar-refractivity contribution in [1.29, 1.82) is 0 Å². The quantitative estimate of drug-likeness (QED) is 0.0267. The zero-order valence-corrected chi connectivity index (χ0v) is 35.9. The van der Waals surface area contributed by atoms with E-state index in [4.69, 9.17) is 14.2 Å². The van der Waals surface area contributed by atoms with Crippen molar-refractivity contribution in [2.45, 2.75) is 219 Å². The summed E-state index contributed by atoms with van der Waals surface area (Å²) in [6.07, 6.45) is 52.1. The van der Waals surface area contributed by atoms with Gasteiger partial charge in [-0.1, -0.05) is 159 Å². The summed E-state index contributed by atoms with van der Waals surface area (Å²) in [6, 6.07) is 0. The summed E-state index contributed by atoms with van der Waals surface area (Å²) in [5.74, 6) is -0.969. The molecular formula is C49H84O6. The molecule has 0 saturated carbocycles.